The van der Waals surface area contributed by atoms with Crippen LogP contribution in [0.3, 0.4) is 0 Å². The van der Waals surface area contributed by atoms with Crippen LogP contribution < -0.4 is 0 Å². The third-order valence-corrected chi connectivity index (χ3v) is 3.13. The first-order valence-corrected chi connectivity index (χ1v) is 5.93. The van der Waals surface area contributed by atoms with Crippen LogP contribution in [0.25, 0.3) is 10.7 Å². The van der Waals surface area contributed by atoms with Crippen LogP contribution in [0, 0.1) is 6.92 Å². The van der Waals surface area contributed by atoms with E-state index in [4.69, 9.17) is 0 Å². The molecule has 0 bridgehead atoms. The Labute approximate surface area is 94.0 Å². The zero-order valence-electron chi connectivity index (χ0n) is 9.19. The van der Waals surface area contributed by atoms with Crippen LogP contribution in [-0.2, 0) is 0 Å². The van der Waals surface area contributed by atoms with Crippen LogP contribution >= 0.6 is 11.3 Å². The summed E-state index contributed by atoms with van der Waals surface area (Å²) in [7, 11) is 0. The largest absolute Gasteiger partial charge is 0.254 e. The van der Waals surface area contributed by atoms with Crippen LogP contribution in [0.5, 0.6) is 0 Å². The zero-order valence-corrected chi connectivity index (χ0v) is 10.0. The normalized spacial score (nSPS) is 10.9. The molecule has 0 unspecified atom stereocenters. The summed E-state index contributed by atoms with van der Waals surface area (Å²) in [4.78, 5) is 8.91. The molecule has 0 radical (unpaired) electrons. The van der Waals surface area contributed by atoms with Gasteiger partial charge in [-0.25, -0.2) is 4.98 Å². The van der Waals surface area contributed by atoms with Gasteiger partial charge in [0.05, 0.1) is 11.4 Å². The Morgan fingerprint density at radius 3 is 2.73 bits per heavy atom. The number of hydrogen-bond acceptors (Lipinski definition) is 3. The minimum Gasteiger partial charge on any atom is -0.254 e. The van der Waals surface area contributed by atoms with Crippen molar-refractivity contribution in [2.75, 3.05) is 0 Å². The molecule has 0 amide bonds. The van der Waals surface area contributed by atoms with E-state index in [9.17, 15) is 0 Å². The molecule has 0 saturated carbocycles. The number of aromatic nitrogens is 2. The van der Waals surface area contributed by atoms with Gasteiger partial charge < -0.3 is 0 Å². The van der Waals surface area contributed by atoms with E-state index >= 15 is 0 Å². The van der Waals surface area contributed by atoms with Crippen LogP contribution in [0.4, 0.5) is 0 Å². The molecule has 2 rings (SSSR count). The summed E-state index contributed by atoms with van der Waals surface area (Å²) in [6, 6.07) is 4.07. The van der Waals surface area contributed by atoms with Gasteiger partial charge >= 0.3 is 0 Å². The Balaban J connectivity index is 2.37. The number of hydrogen-bond donors (Lipinski definition) is 0. The van der Waals surface area contributed by atoms with Crippen LogP contribution in [0.15, 0.2) is 23.7 Å². The summed E-state index contributed by atoms with van der Waals surface area (Å²) in [6.07, 6.45) is 1.83. The van der Waals surface area contributed by atoms with Crippen molar-refractivity contribution in [1.82, 2.24) is 9.97 Å². The first kappa shape index (κ1) is 10.3. The Morgan fingerprint density at radius 1 is 1.33 bits per heavy atom. The maximum Gasteiger partial charge on any atom is 0.142 e. The van der Waals surface area contributed by atoms with Gasteiger partial charge in [-0.1, -0.05) is 13.8 Å². The lowest BCUT2D eigenvalue weighted by molar-refractivity contribution is 0.834. The number of nitrogens with zero attached hydrogens (tertiary/aromatic N) is 2. The minimum atomic E-state index is 0.486. The van der Waals surface area contributed by atoms with E-state index in [1.165, 1.54) is 5.56 Å². The second-order valence-corrected chi connectivity index (χ2v) is 4.81. The topological polar surface area (TPSA) is 25.8 Å². The average molecular weight is 218 g/mol. The van der Waals surface area contributed by atoms with Gasteiger partial charge in [0.2, 0.25) is 0 Å². The minimum absolute atomic E-state index is 0.486. The zero-order chi connectivity index (χ0) is 10.8. The summed E-state index contributed by atoms with van der Waals surface area (Å²) in [5, 5.41) is 3.13. The summed E-state index contributed by atoms with van der Waals surface area (Å²) in [6.45, 7) is 6.38. The van der Waals surface area contributed by atoms with E-state index < -0.39 is 0 Å². The molecule has 78 valence electrons. The van der Waals surface area contributed by atoms with Crippen LogP contribution in [0.1, 0.15) is 31.0 Å². The molecule has 0 saturated heterocycles. The van der Waals surface area contributed by atoms with E-state index in [1.807, 2.05) is 12.3 Å². The van der Waals surface area contributed by atoms with Gasteiger partial charge in [-0.05, 0) is 30.5 Å². The predicted octanol–water partition coefficient (Wildman–Crippen LogP) is 3.64. The summed E-state index contributed by atoms with van der Waals surface area (Å²) in [5.74, 6) is 0.486. The smallest absolute Gasteiger partial charge is 0.142 e. The molecule has 0 aromatic carbocycles. The molecule has 2 nitrogen and oxygen atoms in total. The van der Waals surface area contributed by atoms with E-state index in [-0.39, 0.29) is 0 Å². The molecule has 2 aromatic rings. The van der Waals surface area contributed by atoms with Gasteiger partial charge in [0.15, 0.2) is 0 Å². The van der Waals surface area contributed by atoms with Gasteiger partial charge in [0.1, 0.15) is 5.01 Å². The van der Waals surface area contributed by atoms with Crippen molar-refractivity contribution in [2.24, 2.45) is 0 Å². The number of rotatable bonds is 2. The molecular formula is C12H14N2S. The van der Waals surface area contributed by atoms with Crippen molar-refractivity contribution in [2.45, 2.75) is 26.7 Å². The molecule has 2 heterocycles. The Kier molecular flexibility index (Phi) is 2.82. The highest BCUT2D eigenvalue weighted by molar-refractivity contribution is 7.13. The van der Waals surface area contributed by atoms with Gasteiger partial charge in [-0.3, -0.25) is 4.98 Å². The Hall–Kier alpha value is -1.22. The molecule has 0 aliphatic heterocycles. The molecule has 15 heavy (non-hydrogen) atoms. The summed E-state index contributed by atoms with van der Waals surface area (Å²) < 4.78 is 0. The van der Waals surface area contributed by atoms with Crippen LogP contribution in [0.2, 0.25) is 0 Å². The van der Waals surface area contributed by atoms with E-state index in [0.29, 0.717) is 5.92 Å². The van der Waals surface area contributed by atoms with Crippen molar-refractivity contribution in [1.29, 1.82) is 0 Å². The van der Waals surface area contributed by atoms with Crippen molar-refractivity contribution in [3.63, 3.8) is 0 Å². The Morgan fingerprint density at radius 2 is 2.13 bits per heavy atom. The SMILES string of the molecule is Cc1ccnc(-c2nc(C(C)C)cs2)c1. The van der Waals surface area contributed by atoms with Gasteiger partial charge in [0, 0.05) is 11.6 Å². The maximum atomic E-state index is 4.58. The lowest BCUT2D eigenvalue weighted by Gasteiger charge is -1.98. The fourth-order valence-electron chi connectivity index (χ4n) is 1.32. The second-order valence-electron chi connectivity index (χ2n) is 3.95. The third kappa shape index (κ3) is 2.23. The number of aryl methyl sites for hydroxylation is 1. The summed E-state index contributed by atoms with van der Waals surface area (Å²) in [5.41, 5.74) is 3.35. The highest BCUT2D eigenvalue weighted by Crippen LogP contribution is 2.25. The quantitative estimate of drug-likeness (QED) is 0.769. The average Bonchev–Trinajstić information content (AvgIpc) is 2.66. The maximum absolute atomic E-state index is 4.58. The standard InChI is InChI=1S/C12H14N2S/c1-8(2)11-7-15-12(14-11)10-6-9(3)4-5-13-10/h4-8H,1-3H3. The number of pyridine rings is 1. The Bertz CT molecular complexity index is 460. The predicted molar refractivity (Wildman–Crippen MR) is 64.2 cm³/mol. The first-order chi connectivity index (χ1) is 7.16. The van der Waals surface area contributed by atoms with E-state index in [2.05, 4.69) is 42.2 Å². The fourth-order valence-corrected chi connectivity index (χ4v) is 2.27. The molecule has 2 aromatic heterocycles. The van der Waals surface area contributed by atoms with Gasteiger partial charge in [0.25, 0.3) is 0 Å². The summed E-state index contributed by atoms with van der Waals surface area (Å²) >= 11 is 1.67. The molecule has 0 aliphatic rings. The van der Waals surface area contributed by atoms with Crippen molar-refractivity contribution in [3.05, 3.63) is 35.0 Å². The number of thiazole rings is 1. The third-order valence-electron chi connectivity index (χ3n) is 2.25. The van der Waals surface area contributed by atoms with Gasteiger partial charge in [-0.2, -0.15) is 0 Å². The highest BCUT2D eigenvalue weighted by Gasteiger charge is 2.08. The molecule has 0 spiro atoms. The highest BCUT2D eigenvalue weighted by atomic mass is 32.1. The molecule has 0 N–H and O–H groups in total. The second kappa shape index (κ2) is 4.11. The van der Waals surface area contributed by atoms with Crippen molar-refractivity contribution >= 4 is 11.3 Å². The van der Waals surface area contributed by atoms with E-state index in [0.717, 1.165) is 16.4 Å². The lowest BCUT2D eigenvalue weighted by atomic mass is 10.2. The van der Waals surface area contributed by atoms with Gasteiger partial charge in [-0.15, -0.1) is 11.3 Å². The van der Waals surface area contributed by atoms with E-state index in [1.54, 1.807) is 11.3 Å². The fraction of sp³-hybridized carbons (Fsp3) is 0.333. The van der Waals surface area contributed by atoms with Crippen molar-refractivity contribution in [3.8, 4) is 10.7 Å². The molecule has 0 atom stereocenters. The van der Waals surface area contributed by atoms with Crippen molar-refractivity contribution < 1.29 is 0 Å². The first-order valence-electron chi connectivity index (χ1n) is 5.05. The monoisotopic (exact) mass is 218 g/mol. The molecular weight excluding hydrogens is 204 g/mol. The molecule has 3 heteroatoms. The molecule has 0 aliphatic carbocycles. The van der Waals surface area contributed by atoms with Crippen LogP contribution in [-0.4, -0.2) is 9.97 Å². The lowest BCUT2D eigenvalue weighted by Crippen LogP contribution is -1.88. The molecule has 0 fully saturated rings.